The average Bonchev–Trinajstić information content (AvgIpc) is 2.31. The van der Waals surface area contributed by atoms with Crippen LogP contribution < -0.4 is 5.73 Å². The monoisotopic (exact) mass is 260 g/mol. The van der Waals surface area contributed by atoms with E-state index in [2.05, 4.69) is 56.0 Å². The molecule has 0 unspecified atom stereocenters. The van der Waals surface area contributed by atoms with Crippen molar-refractivity contribution in [2.24, 2.45) is 11.1 Å². The molecule has 1 fully saturated rings. The lowest BCUT2D eigenvalue weighted by Gasteiger charge is -2.42. The van der Waals surface area contributed by atoms with Crippen molar-refractivity contribution in [3.8, 4) is 0 Å². The molecule has 0 spiro atoms. The number of hydrogen-bond acceptors (Lipinski definition) is 2. The summed E-state index contributed by atoms with van der Waals surface area (Å²) in [5, 5.41) is 0. The average molecular weight is 260 g/mol. The van der Waals surface area contributed by atoms with Crippen molar-refractivity contribution >= 4 is 0 Å². The number of rotatable bonds is 3. The van der Waals surface area contributed by atoms with Crippen molar-refractivity contribution in [1.29, 1.82) is 0 Å². The van der Waals surface area contributed by atoms with E-state index in [1.54, 1.807) is 0 Å². The van der Waals surface area contributed by atoms with Crippen molar-refractivity contribution < 1.29 is 0 Å². The van der Waals surface area contributed by atoms with Crippen molar-refractivity contribution in [1.82, 2.24) is 4.90 Å². The molecule has 0 aliphatic carbocycles. The summed E-state index contributed by atoms with van der Waals surface area (Å²) in [6.07, 6.45) is 3.37. The highest BCUT2D eigenvalue weighted by molar-refractivity contribution is 5.14. The van der Waals surface area contributed by atoms with Gasteiger partial charge in [0.15, 0.2) is 0 Å². The second-order valence-electron chi connectivity index (χ2n) is 7.36. The molecule has 106 valence electrons. The summed E-state index contributed by atoms with van der Waals surface area (Å²) in [7, 11) is 0. The third-order valence-electron chi connectivity index (χ3n) is 3.98. The first-order valence-corrected chi connectivity index (χ1v) is 7.42. The molecule has 2 nitrogen and oxygen atoms in total. The molecule has 1 aromatic rings. The van der Waals surface area contributed by atoms with Crippen LogP contribution in [0.25, 0.3) is 0 Å². The lowest BCUT2D eigenvalue weighted by molar-refractivity contribution is 0.122. The maximum atomic E-state index is 6.57. The molecular formula is C17H28N2. The molecule has 0 amide bonds. The Hall–Kier alpha value is -0.860. The first kappa shape index (κ1) is 14.5. The summed E-state index contributed by atoms with van der Waals surface area (Å²) >= 11 is 0. The summed E-state index contributed by atoms with van der Waals surface area (Å²) in [5.41, 5.74) is 8.36. The van der Waals surface area contributed by atoms with Gasteiger partial charge in [0.25, 0.3) is 0 Å². The minimum atomic E-state index is 0.0471. The second kappa shape index (κ2) is 5.64. The Bertz CT molecular complexity index is 383. The van der Waals surface area contributed by atoms with Gasteiger partial charge < -0.3 is 5.73 Å². The molecule has 2 N–H and O–H groups in total. The Morgan fingerprint density at radius 3 is 2.21 bits per heavy atom. The number of benzene rings is 1. The van der Waals surface area contributed by atoms with Gasteiger partial charge in [-0.05, 0) is 30.2 Å². The van der Waals surface area contributed by atoms with Gasteiger partial charge in [0.05, 0.1) is 0 Å². The van der Waals surface area contributed by atoms with E-state index >= 15 is 0 Å². The zero-order valence-corrected chi connectivity index (χ0v) is 12.7. The fourth-order valence-electron chi connectivity index (χ4n) is 3.23. The summed E-state index contributed by atoms with van der Waals surface area (Å²) < 4.78 is 0. The highest BCUT2D eigenvalue weighted by Gasteiger charge is 2.34. The third-order valence-corrected chi connectivity index (χ3v) is 3.98. The van der Waals surface area contributed by atoms with Crippen LogP contribution in [0.3, 0.4) is 0 Å². The van der Waals surface area contributed by atoms with E-state index in [4.69, 9.17) is 5.73 Å². The van der Waals surface area contributed by atoms with Gasteiger partial charge in [0.1, 0.15) is 0 Å². The van der Waals surface area contributed by atoms with Crippen molar-refractivity contribution in [2.45, 2.75) is 52.1 Å². The molecule has 0 radical (unpaired) electrons. The van der Waals surface area contributed by atoms with E-state index in [0.29, 0.717) is 5.41 Å². The van der Waals surface area contributed by atoms with Gasteiger partial charge in [-0.15, -0.1) is 0 Å². The Balaban J connectivity index is 1.85. The molecule has 1 saturated heterocycles. The minimum Gasteiger partial charge on any atom is -0.325 e. The third kappa shape index (κ3) is 4.63. The number of piperidine rings is 1. The molecule has 2 heteroatoms. The van der Waals surface area contributed by atoms with Crippen LogP contribution in [0, 0.1) is 5.41 Å². The minimum absolute atomic E-state index is 0.0471. The van der Waals surface area contributed by atoms with E-state index < -0.39 is 0 Å². The van der Waals surface area contributed by atoms with Gasteiger partial charge in [0, 0.05) is 25.2 Å². The largest absolute Gasteiger partial charge is 0.325 e. The summed E-state index contributed by atoms with van der Waals surface area (Å²) in [6.45, 7) is 10.2. The van der Waals surface area contributed by atoms with Gasteiger partial charge in [0.2, 0.25) is 0 Å². The Morgan fingerprint density at radius 1 is 1.11 bits per heavy atom. The molecular weight excluding hydrogens is 232 g/mol. The maximum Gasteiger partial charge on any atom is 0.0233 e. The number of nitrogens with two attached hydrogens (primary N) is 1. The molecule has 1 aliphatic rings. The van der Waals surface area contributed by atoms with Gasteiger partial charge in [-0.3, -0.25) is 4.90 Å². The van der Waals surface area contributed by atoms with Crippen molar-refractivity contribution in [2.75, 3.05) is 13.1 Å². The Kier molecular flexibility index (Phi) is 4.32. The van der Waals surface area contributed by atoms with Gasteiger partial charge >= 0.3 is 0 Å². The normalized spacial score (nSPS) is 20.4. The smallest absolute Gasteiger partial charge is 0.0233 e. The Morgan fingerprint density at radius 2 is 1.68 bits per heavy atom. The molecule has 1 heterocycles. The summed E-state index contributed by atoms with van der Waals surface area (Å²) in [6, 6.07) is 10.7. The fourth-order valence-corrected chi connectivity index (χ4v) is 3.23. The maximum absolute atomic E-state index is 6.57. The quantitative estimate of drug-likeness (QED) is 0.902. The van der Waals surface area contributed by atoms with Crippen LogP contribution in [-0.2, 0) is 6.54 Å². The standard InChI is InChI=1S/C17H28N2/c1-16(2,3)14-17(18)9-11-19(12-10-17)13-15-7-5-4-6-8-15/h4-8H,9-14,18H2,1-3H3. The SMILES string of the molecule is CC(C)(C)CC1(N)CCN(Cc2ccccc2)CC1. The van der Waals surface area contributed by atoms with E-state index in [1.165, 1.54) is 5.56 Å². The summed E-state index contributed by atoms with van der Waals surface area (Å²) in [5.74, 6) is 0. The van der Waals surface area contributed by atoms with Crippen LogP contribution in [0.4, 0.5) is 0 Å². The zero-order valence-electron chi connectivity index (χ0n) is 12.7. The number of nitrogens with zero attached hydrogens (tertiary/aromatic N) is 1. The van der Waals surface area contributed by atoms with Crippen molar-refractivity contribution in [3.05, 3.63) is 35.9 Å². The van der Waals surface area contributed by atoms with E-state index in [9.17, 15) is 0 Å². The number of likely N-dealkylation sites (tertiary alicyclic amines) is 1. The van der Waals surface area contributed by atoms with Gasteiger partial charge in [-0.1, -0.05) is 51.1 Å². The zero-order chi connectivity index (χ0) is 13.9. The van der Waals surface area contributed by atoms with Gasteiger partial charge in [-0.25, -0.2) is 0 Å². The van der Waals surface area contributed by atoms with E-state index in [-0.39, 0.29) is 5.54 Å². The van der Waals surface area contributed by atoms with E-state index in [0.717, 1.165) is 38.9 Å². The predicted molar refractivity (Wildman–Crippen MR) is 81.9 cm³/mol. The van der Waals surface area contributed by atoms with Crippen LogP contribution in [0.5, 0.6) is 0 Å². The first-order valence-electron chi connectivity index (χ1n) is 7.42. The molecule has 1 aliphatic heterocycles. The van der Waals surface area contributed by atoms with E-state index in [1.807, 2.05) is 0 Å². The Labute approximate surface area is 118 Å². The lowest BCUT2D eigenvalue weighted by atomic mass is 9.75. The topological polar surface area (TPSA) is 29.3 Å². The molecule has 0 bridgehead atoms. The molecule has 0 aromatic heterocycles. The molecule has 2 rings (SSSR count). The van der Waals surface area contributed by atoms with Crippen LogP contribution >= 0.6 is 0 Å². The van der Waals surface area contributed by atoms with Crippen LogP contribution in [0.2, 0.25) is 0 Å². The van der Waals surface area contributed by atoms with Crippen molar-refractivity contribution in [3.63, 3.8) is 0 Å². The predicted octanol–water partition coefficient (Wildman–Crippen LogP) is 3.42. The highest BCUT2D eigenvalue weighted by atomic mass is 15.1. The van der Waals surface area contributed by atoms with Crippen LogP contribution in [0.15, 0.2) is 30.3 Å². The highest BCUT2D eigenvalue weighted by Crippen LogP contribution is 2.33. The number of hydrogen-bond donors (Lipinski definition) is 1. The van der Waals surface area contributed by atoms with Crippen LogP contribution in [0.1, 0.15) is 45.6 Å². The molecule has 0 saturated carbocycles. The van der Waals surface area contributed by atoms with Gasteiger partial charge in [-0.2, -0.15) is 0 Å². The van der Waals surface area contributed by atoms with Crippen LogP contribution in [-0.4, -0.2) is 23.5 Å². The molecule has 0 atom stereocenters. The lowest BCUT2D eigenvalue weighted by Crippen LogP contribution is -2.51. The molecule has 1 aromatic carbocycles. The second-order valence-corrected chi connectivity index (χ2v) is 7.36. The fraction of sp³-hybridized carbons (Fsp3) is 0.647. The summed E-state index contributed by atoms with van der Waals surface area (Å²) in [4.78, 5) is 2.53. The first-order chi connectivity index (χ1) is 8.86. The molecule has 19 heavy (non-hydrogen) atoms.